The van der Waals surface area contributed by atoms with Crippen LogP contribution in [0.2, 0.25) is 0 Å². The van der Waals surface area contributed by atoms with Crippen LogP contribution in [0.4, 0.5) is 22.0 Å². The molecule has 2 aromatic rings. The third-order valence-corrected chi connectivity index (χ3v) is 2.48. The summed E-state index contributed by atoms with van der Waals surface area (Å²) in [4.78, 5) is 0. The van der Waals surface area contributed by atoms with Gasteiger partial charge in [0.1, 0.15) is 5.75 Å². The molecule has 0 amide bonds. The van der Waals surface area contributed by atoms with Crippen LogP contribution >= 0.6 is 0 Å². The fourth-order valence-corrected chi connectivity index (χ4v) is 1.56. The molecule has 2 rings (SSSR count). The van der Waals surface area contributed by atoms with Crippen LogP contribution in [0.25, 0.3) is 5.69 Å². The van der Waals surface area contributed by atoms with Crippen molar-refractivity contribution < 1.29 is 26.7 Å². The minimum Gasteiger partial charge on any atom is -0.494 e. The van der Waals surface area contributed by atoms with E-state index in [0.29, 0.717) is 17.0 Å². The number of tetrazole rings is 1. The quantitative estimate of drug-likeness (QED) is 0.815. The zero-order valence-corrected chi connectivity index (χ0v) is 10.6. The summed E-state index contributed by atoms with van der Waals surface area (Å²) in [6, 6.07) is 5.50. The van der Waals surface area contributed by atoms with Gasteiger partial charge in [0, 0.05) is 6.07 Å². The Balaban J connectivity index is 2.48. The molecular weight excluding hydrogens is 299 g/mol. The molecule has 0 aliphatic carbocycles. The highest BCUT2D eigenvalue weighted by molar-refractivity contribution is 5.39. The summed E-state index contributed by atoms with van der Waals surface area (Å²) in [7, 11) is 0. The van der Waals surface area contributed by atoms with Gasteiger partial charge in [0.25, 0.3) is 0 Å². The van der Waals surface area contributed by atoms with Gasteiger partial charge in [-0.05, 0) is 29.5 Å². The Kier molecular flexibility index (Phi) is 3.79. The average molecular weight is 308 g/mol. The Hall–Kier alpha value is -2.26. The molecule has 1 aromatic heterocycles. The highest BCUT2D eigenvalue weighted by Crippen LogP contribution is 2.43. The fourth-order valence-electron chi connectivity index (χ4n) is 1.56. The molecule has 10 heteroatoms. The molecule has 0 saturated heterocycles. The van der Waals surface area contributed by atoms with Gasteiger partial charge < -0.3 is 4.74 Å². The lowest BCUT2D eigenvalue weighted by Crippen LogP contribution is -2.36. The fraction of sp³-hybridized carbons (Fsp3) is 0.364. The molecule has 0 N–H and O–H groups in total. The molecule has 114 valence electrons. The summed E-state index contributed by atoms with van der Waals surface area (Å²) in [6.45, 7) is 2.01. The molecule has 0 fully saturated rings. The maximum absolute atomic E-state index is 13.4. The normalized spacial score (nSPS) is 12.5. The number of benzene rings is 1. The van der Waals surface area contributed by atoms with Gasteiger partial charge >= 0.3 is 12.1 Å². The van der Waals surface area contributed by atoms with Crippen molar-refractivity contribution in [2.75, 3.05) is 6.61 Å². The van der Waals surface area contributed by atoms with Gasteiger partial charge in [-0.1, -0.05) is 6.07 Å². The van der Waals surface area contributed by atoms with Crippen molar-refractivity contribution >= 4 is 0 Å². The molecule has 5 nitrogen and oxygen atoms in total. The third kappa shape index (κ3) is 2.78. The molecule has 0 saturated carbocycles. The van der Waals surface area contributed by atoms with Gasteiger partial charge in [-0.15, -0.1) is 5.10 Å². The largest absolute Gasteiger partial charge is 0.494 e. The lowest BCUT2D eigenvalue weighted by Gasteiger charge is -2.18. The molecule has 1 heterocycles. The van der Waals surface area contributed by atoms with E-state index in [4.69, 9.17) is 4.74 Å². The number of ether oxygens (including phenoxy) is 1. The van der Waals surface area contributed by atoms with Crippen LogP contribution in [0.3, 0.4) is 0 Å². The maximum atomic E-state index is 13.4. The topological polar surface area (TPSA) is 52.8 Å². The summed E-state index contributed by atoms with van der Waals surface area (Å²) in [5.41, 5.74) is -0.0649. The molecule has 0 bridgehead atoms. The van der Waals surface area contributed by atoms with Crippen molar-refractivity contribution in [2.24, 2.45) is 0 Å². The van der Waals surface area contributed by atoms with E-state index < -0.39 is 17.9 Å². The first-order valence-electron chi connectivity index (χ1n) is 5.74. The zero-order valence-electron chi connectivity index (χ0n) is 10.6. The standard InChI is InChI=1S/C11H9F5N4O/c1-2-21-8-5-3-4-7(6-8)20-9(17-18-19-20)10(12,13)11(14,15)16/h3-6H,2H2,1H3. The van der Waals surface area contributed by atoms with E-state index in [2.05, 4.69) is 15.5 Å². The van der Waals surface area contributed by atoms with Crippen LogP contribution in [0.15, 0.2) is 24.3 Å². The minimum atomic E-state index is -5.79. The van der Waals surface area contributed by atoms with Crippen LogP contribution < -0.4 is 4.74 Å². The van der Waals surface area contributed by atoms with Crippen LogP contribution in [-0.4, -0.2) is 33.0 Å². The Bertz CT molecular complexity index is 625. The first kappa shape index (κ1) is 15.1. The lowest BCUT2D eigenvalue weighted by molar-refractivity contribution is -0.293. The van der Waals surface area contributed by atoms with Gasteiger partial charge in [-0.25, -0.2) is 0 Å². The second-order valence-electron chi connectivity index (χ2n) is 3.92. The average Bonchev–Trinajstić information content (AvgIpc) is 2.88. The Morgan fingerprint density at radius 2 is 1.90 bits per heavy atom. The van der Waals surface area contributed by atoms with Crippen molar-refractivity contribution in [3.8, 4) is 11.4 Å². The predicted molar refractivity (Wildman–Crippen MR) is 60.3 cm³/mol. The Labute approximate surface area is 115 Å². The number of nitrogens with zero attached hydrogens (tertiary/aromatic N) is 4. The van der Waals surface area contributed by atoms with Crippen molar-refractivity contribution in [3.05, 3.63) is 30.1 Å². The summed E-state index contributed by atoms with van der Waals surface area (Å²) < 4.78 is 69.4. The molecule has 1 aromatic carbocycles. The Morgan fingerprint density at radius 3 is 2.52 bits per heavy atom. The molecule has 0 spiro atoms. The molecule has 0 radical (unpaired) electrons. The van der Waals surface area contributed by atoms with Crippen molar-refractivity contribution in [2.45, 2.75) is 19.0 Å². The first-order valence-corrected chi connectivity index (χ1v) is 5.74. The highest BCUT2D eigenvalue weighted by Gasteiger charge is 2.62. The summed E-state index contributed by atoms with van der Waals surface area (Å²) >= 11 is 0. The SMILES string of the molecule is CCOc1cccc(-n2nnnc2C(F)(F)C(F)(F)F)c1. The smallest absolute Gasteiger partial charge is 0.461 e. The van der Waals surface area contributed by atoms with Crippen LogP contribution in [-0.2, 0) is 5.92 Å². The summed E-state index contributed by atoms with van der Waals surface area (Å²) in [6.07, 6.45) is -5.79. The number of aromatic nitrogens is 4. The molecular formula is C11H9F5N4O. The molecule has 21 heavy (non-hydrogen) atoms. The lowest BCUT2D eigenvalue weighted by atomic mass is 10.2. The summed E-state index contributed by atoms with van der Waals surface area (Å²) in [5.74, 6) is -6.48. The van der Waals surface area contributed by atoms with Crippen LogP contribution in [0.1, 0.15) is 12.7 Å². The van der Waals surface area contributed by atoms with E-state index in [0.717, 1.165) is 0 Å². The summed E-state index contributed by atoms with van der Waals surface area (Å²) in [5, 5.41) is 8.88. The number of hydrogen-bond donors (Lipinski definition) is 0. The van der Waals surface area contributed by atoms with E-state index >= 15 is 0 Å². The van der Waals surface area contributed by atoms with Gasteiger partial charge in [-0.2, -0.15) is 26.6 Å². The molecule has 0 aliphatic rings. The second kappa shape index (κ2) is 5.26. The number of alkyl halides is 5. The van der Waals surface area contributed by atoms with Gasteiger partial charge in [0.2, 0.25) is 5.82 Å². The van der Waals surface area contributed by atoms with E-state index in [-0.39, 0.29) is 5.69 Å². The van der Waals surface area contributed by atoms with Gasteiger partial charge in [0.05, 0.1) is 12.3 Å². The first-order chi connectivity index (χ1) is 9.77. The number of halogens is 5. The monoisotopic (exact) mass is 308 g/mol. The highest BCUT2D eigenvalue weighted by atomic mass is 19.4. The van der Waals surface area contributed by atoms with Crippen LogP contribution in [0, 0.1) is 0 Å². The van der Waals surface area contributed by atoms with E-state index in [1.165, 1.54) is 24.3 Å². The zero-order chi connectivity index (χ0) is 15.7. The number of hydrogen-bond acceptors (Lipinski definition) is 4. The van der Waals surface area contributed by atoms with Crippen LogP contribution in [0.5, 0.6) is 5.75 Å². The maximum Gasteiger partial charge on any atom is 0.461 e. The third-order valence-electron chi connectivity index (χ3n) is 2.48. The van der Waals surface area contributed by atoms with Gasteiger partial charge in [0.15, 0.2) is 0 Å². The Morgan fingerprint density at radius 1 is 1.19 bits per heavy atom. The molecule has 0 atom stereocenters. The van der Waals surface area contributed by atoms with E-state index in [1.54, 1.807) is 6.92 Å². The van der Waals surface area contributed by atoms with Gasteiger partial charge in [-0.3, -0.25) is 0 Å². The molecule has 0 aliphatic heterocycles. The van der Waals surface area contributed by atoms with Crippen molar-refractivity contribution in [3.63, 3.8) is 0 Å². The van der Waals surface area contributed by atoms with E-state index in [1.807, 2.05) is 0 Å². The minimum absolute atomic E-state index is 0.0649. The van der Waals surface area contributed by atoms with E-state index in [9.17, 15) is 22.0 Å². The molecule has 0 unspecified atom stereocenters. The van der Waals surface area contributed by atoms with Crippen molar-refractivity contribution in [1.29, 1.82) is 0 Å². The number of rotatable bonds is 4. The predicted octanol–water partition coefficient (Wildman–Crippen LogP) is 2.72. The second-order valence-corrected chi connectivity index (χ2v) is 3.92. The van der Waals surface area contributed by atoms with Crippen molar-refractivity contribution in [1.82, 2.24) is 20.2 Å².